The van der Waals surface area contributed by atoms with Gasteiger partial charge in [0.25, 0.3) is 21.6 Å². The standard InChI is InChI=1S/C23H20ClN3O5S/c1-15-4-8-19(9-5-15)33(31,32)26-12-2-3-16-13-18(7-11-21(16)26)25-23(28)20-14-17(24)6-10-22(20)27(29)30/h4-11,13-14H,2-3,12H2,1H3,(H,25,28). The van der Waals surface area contributed by atoms with Gasteiger partial charge in [-0.25, -0.2) is 8.42 Å². The molecule has 4 rings (SSSR count). The molecule has 0 aromatic heterocycles. The quantitative estimate of drug-likeness (QED) is 0.406. The van der Waals surface area contributed by atoms with E-state index in [2.05, 4.69) is 5.32 Å². The maximum Gasteiger partial charge on any atom is 0.282 e. The van der Waals surface area contributed by atoms with Crippen molar-refractivity contribution >= 4 is 44.6 Å². The van der Waals surface area contributed by atoms with Crippen LogP contribution >= 0.6 is 11.6 Å². The van der Waals surface area contributed by atoms with Crippen LogP contribution in [-0.4, -0.2) is 25.8 Å². The number of nitro groups is 1. The number of nitrogens with zero attached hydrogens (tertiary/aromatic N) is 2. The number of hydrogen-bond acceptors (Lipinski definition) is 5. The van der Waals surface area contributed by atoms with Crippen molar-refractivity contribution in [2.24, 2.45) is 0 Å². The zero-order valence-electron chi connectivity index (χ0n) is 17.6. The highest BCUT2D eigenvalue weighted by atomic mass is 35.5. The largest absolute Gasteiger partial charge is 0.322 e. The third-order valence-electron chi connectivity index (χ3n) is 5.42. The molecule has 1 amide bonds. The molecule has 3 aromatic rings. The molecule has 0 saturated heterocycles. The molecule has 1 aliphatic rings. The molecule has 10 heteroatoms. The fraction of sp³-hybridized carbons (Fsp3) is 0.174. The normalized spacial score (nSPS) is 13.3. The van der Waals surface area contributed by atoms with Gasteiger partial charge in [0.05, 0.1) is 15.5 Å². The predicted octanol–water partition coefficient (Wildman–Crippen LogP) is 4.95. The topological polar surface area (TPSA) is 110 Å². The van der Waals surface area contributed by atoms with E-state index in [1.807, 2.05) is 6.92 Å². The number of fused-ring (bicyclic) bond motifs is 1. The zero-order chi connectivity index (χ0) is 23.8. The van der Waals surface area contributed by atoms with Crippen LogP contribution in [0.2, 0.25) is 5.02 Å². The summed E-state index contributed by atoms with van der Waals surface area (Å²) in [6.45, 7) is 2.24. The van der Waals surface area contributed by atoms with Crippen LogP contribution in [0.15, 0.2) is 65.6 Å². The van der Waals surface area contributed by atoms with Gasteiger partial charge >= 0.3 is 0 Å². The first-order valence-corrected chi connectivity index (χ1v) is 12.0. The van der Waals surface area contributed by atoms with Crippen LogP contribution in [-0.2, 0) is 16.4 Å². The van der Waals surface area contributed by atoms with Crippen LogP contribution in [0.4, 0.5) is 17.1 Å². The number of carbonyl (C=O) groups excluding carboxylic acids is 1. The summed E-state index contributed by atoms with van der Waals surface area (Å²) in [4.78, 5) is 23.6. The maximum absolute atomic E-state index is 13.2. The van der Waals surface area contributed by atoms with Crippen molar-refractivity contribution in [3.8, 4) is 0 Å². The molecule has 0 saturated carbocycles. The van der Waals surface area contributed by atoms with Crippen molar-refractivity contribution in [2.75, 3.05) is 16.2 Å². The molecule has 3 aromatic carbocycles. The van der Waals surface area contributed by atoms with E-state index in [0.29, 0.717) is 30.8 Å². The highest BCUT2D eigenvalue weighted by Crippen LogP contribution is 2.34. The number of hydrogen-bond donors (Lipinski definition) is 1. The molecule has 170 valence electrons. The van der Waals surface area contributed by atoms with Crippen molar-refractivity contribution in [3.05, 3.63) is 92.5 Å². The van der Waals surface area contributed by atoms with Gasteiger partial charge in [-0.05, 0) is 67.8 Å². The molecular weight excluding hydrogens is 466 g/mol. The van der Waals surface area contributed by atoms with E-state index in [1.54, 1.807) is 42.5 Å². The van der Waals surface area contributed by atoms with Gasteiger partial charge < -0.3 is 5.32 Å². The van der Waals surface area contributed by atoms with Gasteiger partial charge in [-0.3, -0.25) is 19.2 Å². The second-order valence-corrected chi connectivity index (χ2v) is 10.0. The molecule has 8 nitrogen and oxygen atoms in total. The van der Waals surface area contributed by atoms with Crippen LogP contribution in [0.1, 0.15) is 27.9 Å². The number of rotatable bonds is 5. The minimum atomic E-state index is -3.73. The molecule has 1 N–H and O–H groups in total. The van der Waals surface area contributed by atoms with Gasteiger partial charge in [0.1, 0.15) is 5.56 Å². The Morgan fingerprint density at radius 3 is 2.52 bits per heavy atom. The number of benzene rings is 3. The zero-order valence-corrected chi connectivity index (χ0v) is 19.2. The van der Waals surface area contributed by atoms with Gasteiger partial charge in [0.2, 0.25) is 0 Å². The Balaban J connectivity index is 1.63. The minimum absolute atomic E-state index is 0.159. The summed E-state index contributed by atoms with van der Waals surface area (Å²) in [6, 6.07) is 15.4. The third kappa shape index (κ3) is 4.55. The number of aryl methyl sites for hydroxylation is 2. The van der Waals surface area contributed by atoms with E-state index in [1.165, 1.54) is 22.5 Å². The van der Waals surface area contributed by atoms with Crippen molar-refractivity contribution in [3.63, 3.8) is 0 Å². The Hall–Kier alpha value is -3.43. The van der Waals surface area contributed by atoms with E-state index in [9.17, 15) is 23.3 Å². The second-order valence-electron chi connectivity index (χ2n) is 7.71. The van der Waals surface area contributed by atoms with Crippen molar-refractivity contribution in [2.45, 2.75) is 24.7 Å². The molecule has 0 atom stereocenters. The summed E-state index contributed by atoms with van der Waals surface area (Å²) in [5.41, 5.74) is 2.17. The van der Waals surface area contributed by atoms with Crippen molar-refractivity contribution in [1.82, 2.24) is 0 Å². The summed E-state index contributed by atoms with van der Waals surface area (Å²) in [6.07, 6.45) is 1.26. The van der Waals surface area contributed by atoms with Gasteiger partial charge in [-0.1, -0.05) is 29.3 Å². The number of sulfonamides is 1. The van der Waals surface area contributed by atoms with Crippen LogP contribution in [0.3, 0.4) is 0 Å². The van der Waals surface area contributed by atoms with Crippen LogP contribution in [0.5, 0.6) is 0 Å². The second kappa shape index (κ2) is 8.84. The molecule has 1 aliphatic heterocycles. The molecule has 0 fully saturated rings. The lowest BCUT2D eigenvalue weighted by Gasteiger charge is -2.31. The number of nitro benzene ring substituents is 1. The fourth-order valence-electron chi connectivity index (χ4n) is 3.78. The smallest absolute Gasteiger partial charge is 0.282 e. The SMILES string of the molecule is Cc1ccc(S(=O)(=O)N2CCCc3cc(NC(=O)c4cc(Cl)ccc4[N+](=O)[O-])ccc32)cc1. The lowest BCUT2D eigenvalue weighted by atomic mass is 10.0. The average molecular weight is 486 g/mol. The van der Waals surface area contributed by atoms with Crippen molar-refractivity contribution < 1.29 is 18.1 Å². The van der Waals surface area contributed by atoms with E-state index in [0.717, 1.165) is 11.1 Å². The number of anilines is 2. The van der Waals surface area contributed by atoms with E-state index < -0.39 is 20.9 Å². The fourth-order valence-corrected chi connectivity index (χ4v) is 5.49. The van der Waals surface area contributed by atoms with Crippen LogP contribution < -0.4 is 9.62 Å². The average Bonchev–Trinajstić information content (AvgIpc) is 2.78. The monoisotopic (exact) mass is 485 g/mol. The number of carbonyl (C=O) groups is 1. The molecule has 1 heterocycles. The molecule has 0 unspecified atom stereocenters. The first-order chi connectivity index (χ1) is 15.7. The highest BCUT2D eigenvalue weighted by Gasteiger charge is 2.29. The Kier molecular flexibility index (Phi) is 6.09. The van der Waals surface area contributed by atoms with E-state index in [4.69, 9.17) is 11.6 Å². The molecular formula is C23H20ClN3O5S. The minimum Gasteiger partial charge on any atom is -0.322 e. The Bertz CT molecular complexity index is 1360. The Morgan fingerprint density at radius 1 is 1.09 bits per heavy atom. The number of halogens is 1. The Labute approximate surface area is 196 Å². The first-order valence-electron chi connectivity index (χ1n) is 10.1. The number of nitrogens with one attached hydrogen (secondary N) is 1. The van der Waals surface area contributed by atoms with Gasteiger partial charge in [-0.2, -0.15) is 0 Å². The summed E-state index contributed by atoms with van der Waals surface area (Å²) in [7, 11) is -3.73. The summed E-state index contributed by atoms with van der Waals surface area (Å²) in [5, 5.41) is 14.1. The maximum atomic E-state index is 13.2. The predicted molar refractivity (Wildman–Crippen MR) is 127 cm³/mol. The van der Waals surface area contributed by atoms with Crippen LogP contribution in [0, 0.1) is 17.0 Å². The summed E-state index contributed by atoms with van der Waals surface area (Å²) in [5.74, 6) is -0.677. The van der Waals surface area contributed by atoms with Gasteiger partial charge in [0, 0.05) is 23.3 Å². The Morgan fingerprint density at radius 2 is 1.82 bits per heavy atom. The van der Waals surface area contributed by atoms with E-state index >= 15 is 0 Å². The highest BCUT2D eigenvalue weighted by molar-refractivity contribution is 7.92. The summed E-state index contributed by atoms with van der Waals surface area (Å²) >= 11 is 5.92. The lowest BCUT2D eigenvalue weighted by molar-refractivity contribution is -0.385. The molecule has 0 aliphatic carbocycles. The van der Waals surface area contributed by atoms with E-state index in [-0.39, 0.29) is 21.2 Å². The van der Waals surface area contributed by atoms with Gasteiger partial charge in [-0.15, -0.1) is 0 Å². The molecule has 0 radical (unpaired) electrons. The molecule has 0 bridgehead atoms. The number of amides is 1. The molecule has 33 heavy (non-hydrogen) atoms. The molecule has 0 spiro atoms. The van der Waals surface area contributed by atoms with Gasteiger partial charge in [0.15, 0.2) is 0 Å². The summed E-state index contributed by atoms with van der Waals surface area (Å²) < 4.78 is 27.8. The lowest BCUT2D eigenvalue weighted by Crippen LogP contribution is -2.35. The van der Waals surface area contributed by atoms with Crippen molar-refractivity contribution in [1.29, 1.82) is 0 Å². The van der Waals surface area contributed by atoms with Crippen LogP contribution in [0.25, 0.3) is 0 Å². The first kappa shape index (κ1) is 22.8. The third-order valence-corrected chi connectivity index (χ3v) is 7.48.